The molecule has 4 rings (SSSR count). The summed E-state index contributed by atoms with van der Waals surface area (Å²) in [5, 5.41) is 12.6. The Bertz CT molecular complexity index is 759. The summed E-state index contributed by atoms with van der Waals surface area (Å²) in [5.74, 6) is 1.99. The maximum Gasteiger partial charge on any atom is 0.257 e. The Morgan fingerprint density at radius 3 is 2.88 bits per heavy atom. The lowest BCUT2D eigenvalue weighted by atomic mass is 10.1. The van der Waals surface area contributed by atoms with E-state index < -0.39 is 0 Å². The van der Waals surface area contributed by atoms with Gasteiger partial charge in [0.05, 0.1) is 11.8 Å². The summed E-state index contributed by atoms with van der Waals surface area (Å²) in [6.45, 7) is 3.84. The van der Waals surface area contributed by atoms with Gasteiger partial charge >= 0.3 is 0 Å². The van der Waals surface area contributed by atoms with Gasteiger partial charge in [0, 0.05) is 38.3 Å². The number of carbonyl (C=O) groups is 1. The quantitative estimate of drug-likeness (QED) is 0.805. The molecule has 2 aromatic heterocycles. The van der Waals surface area contributed by atoms with E-state index in [9.17, 15) is 4.79 Å². The number of likely N-dealkylation sites (tertiary alicyclic amines) is 1. The molecule has 7 nitrogen and oxygen atoms in total. The van der Waals surface area contributed by atoms with Crippen molar-refractivity contribution in [2.45, 2.75) is 58.0 Å². The summed E-state index contributed by atoms with van der Waals surface area (Å²) in [7, 11) is 1.88. The first-order valence-corrected chi connectivity index (χ1v) is 9.29. The summed E-state index contributed by atoms with van der Waals surface area (Å²) in [5.41, 5.74) is 1.66. The van der Waals surface area contributed by atoms with Gasteiger partial charge in [-0.3, -0.25) is 9.48 Å². The van der Waals surface area contributed by atoms with Crippen LogP contribution in [0.3, 0.4) is 0 Å². The smallest absolute Gasteiger partial charge is 0.257 e. The monoisotopic (exact) mass is 342 g/mol. The third-order valence-corrected chi connectivity index (χ3v) is 5.65. The van der Waals surface area contributed by atoms with Crippen molar-refractivity contribution in [3.8, 4) is 0 Å². The lowest BCUT2D eigenvalue weighted by Gasteiger charge is -2.24. The van der Waals surface area contributed by atoms with Crippen molar-refractivity contribution in [1.29, 1.82) is 0 Å². The highest BCUT2D eigenvalue weighted by atomic mass is 16.2. The van der Waals surface area contributed by atoms with Crippen molar-refractivity contribution in [1.82, 2.24) is 29.4 Å². The minimum absolute atomic E-state index is 0.118. The van der Waals surface area contributed by atoms with Crippen LogP contribution < -0.4 is 0 Å². The SMILES string of the molecule is Cc1c(C(=O)N2CCCC2CCc2nncn2CC2CC2)cnn1C. The van der Waals surface area contributed by atoms with Crippen molar-refractivity contribution >= 4 is 5.91 Å². The zero-order valence-electron chi connectivity index (χ0n) is 15.1. The van der Waals surface area contributed by atoms with Gasteiger partial charge in [-0.05, 0) is 44.9 Å². The van der Waals surface area contributed by atoms with E-state index in [1.54, 1.807) is 10.9 Å². The zero-order chi connectivity index (χ0) is 17.4. The summed E-state index contributed by atoms with van der Waals surface area (Å²) < 4.78 is 3.96. The van der Waals surface area contributed by atoms with Crippen LogP contribution in [0, 0.1) is 12.8 Å². The number of amides is 1. The van der Waals surface area contributed by atoms with Gasteiger partial charge in [0.1, 0.15) is 12.2 Å². The first-order valence-electron chi connectivity index (χ1n) is 9.29. The molecule has 0 bridgehead atoms. The second-order valence-electron chi connectivity index (χ2n) is 7.44. The van der Waals surface area contributed by atoms with E-state index in [-0.39, 0.29) is 11.9 Å². The third-order valence-electron chi connectivity index (χ3n) is 5.65. The molecule has 134 valence electrons. The predicted molar refractivity (Wildman–Crippen MR) is 93.1 cm³/mol. The maximum atomic E-state index is 12.9. The molecule has 1 saturated heterocycles. The Hall–Kier alpha value is -2.18. The molecule has 1 atom stereocenters. The van der Waals surface area contributed by atoms with Crippen LogP contribution in [0.25, 0.3) is 0 Å². The standard InChI is InChI=1S/C18H26N6O/c1-13-16(10-20-22(13)2)18(25)24-9-3-4-15(24)7-8-17-21-19-12-23(17)11-14-5-6-14/h10,12,14-15H,3-9,11H2,1-2H3. The van der Waals surface area contributed by atoms with Gasteiger partial charge in [0.2, 0.25) is 0 Å². The van der Waals surface area contributed by atoms with Gasteiger partial charge in [0.25, 0.3) is 5.91 Å². The highest BCUT2D eigenvalue weighted by Gasteiger charge is 2.31. The van der Waals surface area contributed by atoms with Crippen molar-refractivity contribution in [3.63, 3.8) is 0 Å². The highest BCUT2D eigenvalue weighted by molar-refractivity contribution is 5.95. The molecular weight excluding hydrogens is 316 g/mol. The molecule has 0 N–H and O–H groups in total. The van der Waals surface area contributed by atoms with Crippen LogP contribution in [-0.4, -0.2) is 47.9 Å². The van der Waals surface area contributed by atoms with Crippen molar-refractivity contribution in [2.75, 3.05) is 6.54 Å². The van der Waals surface area contributed by atoms with Crippen LogP contribution in [0.1, 0.15) is 54.0 Å². The van der Waals surface area contributed by atoms with Crippen LogP contribution in [0.4, 0.5) is 0 Å². The molecule has 1 aliphatic heterocycles. The van der Waals surface area contributed by atoms with Crippen LogP contribution >= 0.6 is 0 Å². The fraction of sp³-hybridized carbons (Fsp3) is 0.667. The van der Waals surface area contributed by atoms with E-state index in [1.807, 2.05) is 25.2 Å². The maximum absolute atomic E-state index is 12.9. The van der Waals surface area contributed by atoms with E-state index >= 15 is 0 Å². The Labute approximate surface area is 148 Å². The third kappa shape index (κ3) is 3.32. The van der Waals surface area contributed by atoms with E-state index in [4.69, 9.17) is 0 Å². The van der Waals surface area contributed by atoms with E-state index in [1.165, 1.54) is 12.8 Å². The molecular formula is C18H26N6O. The van der Waals surface area contributed by atoms with Gasteiger partial charge in [-0.1, -0.05) is 0 Å². The molecule has 0 radical (unpaired) electrons. The second kappa shape index (κ2) is 6.61. The molecule has 1 aliphatic carbocycles. The number of aromatic nitrogens is 5. The van der Waals surface area contributed by atoms with E-state index in [0.29, 0.717) is 0 Å². The van der Waals surface area contributed by atoms with Crippen LogP contribution in [0.5, 0.6) is 0 Å². The van der Waals surface area contributed by atoms with Gasteiger partial charge in [0.15, 0.2) is 0 Å². The van der Waals surface area contributed by atoms with Crippen LogP contribution in [-0.2, 0) is 20.0 Å². The Kier molecular flexibility index (Phi) is 4.31. The molecule has 25 heavy (non-hydrogen) atoms. The van der Waals surface area contributed by atoms with Gasteiger partial charge in [-0.2, -0.15) is 5.10 Å². The number of hydrogen-bond donors (Lipinski definition) is 0. The average Bonchev–Trinajstić information content (AvgIpc) is 2.97. The summed E-state index contributed by atoms with van der Waals surface area (Å²) in [6.07, 6.45) is 10.2. The molecule has 3 heterocycles. The Morgan fingerprint density at radius 1 is 1.32 bits per heavy atom. The lowest BCUT2D eigenvalue weighted by molar-refractivity contribution is 0.0729. The number of aryl methyl sites for hydroxylation is 2. The summed E-state index contributed by atoms with van der Waals surface area (Å²) >= 11 is 0. The number of rotatable bonds is 6. The van der Waals surface area contributed by atoms with Crippen LogP contribution in [0.15, 0.2) is 12.5 Å². The first kappa shape index (κ1) is 16.3. The van der Waals surface area contributed by atoms with Crippen LogP contribution in [0.2, 0.25) is 0 Å². The molecule has 7 heteroatoms. The van der Waals surface area contributed by atoms with Gasteiger partial charge < -0.3 is 9.47 Å². The Morgan fingerprint density at radius 2 is 2.16 bits per heavy atom. The number of nitrogens with zero attached hydrogens (tertiary/aromatic N) is 6. The number of hydrogen-bond acceptors (Lipinski definition) is 4. The average molecular weight is 342 g/mol. The van der Waals surface area contributed by atoms with Crippen molar-refractivity contribution in [3.05, 3.63) is 29.6 Å². The summed E-state index contributed by atoms with van der Waals surface area (Å²) in [4.78, 5) is 14.9. The highest BCUT2D eigenvalue weighted by Crippen LogP contribution is 2.31. The normalized spacial score (nSPS) is 20.4. The molecule has 1 amide bonds. The largest absolute Gasteiger partial charge is 0.336 e. The first-order chi connectivity index (χ1) is 12.1. The lowest BCUT2D eigenvalue weighted by Crippen LogP contribution is -2.36. The topological polar surface area (TPSA) is 68.8 Å². The van der Waals surface area contributed by atoms with Gasteiger partial charge in [-0.25, -0.2) is 0 Å². The number of carbonyl (C=O) groups excluding carboxylic acids is 1. The minimum atomic E-state index is 0.118. The van der Waals surface area contributed by atoms with E-state index in [2.05, 4.69) is 19.9 Å². The molecule has 1 saturated carbocycles. The molecule has 2 aliphatic rings. The van der Waals surface area contributed by atoms with E-state index in [0.717, 1.165) is 61.8 Å². The predicted octanol–water partition coefficient (Wildman–Crippen LogP) is 1.97. The molecule has 2 aromatic rings. The fourth-order valence-corrected chi connectivity index (χ4v) is 3.77. The molecule has 0 aromatic carbocycles. The molecule has 2 fully saturated rings. The molecule has 1 unspecified atom stereocenters. The van der Waals surface area contributed by atoms with Crippen molar-refractivity contribution < 1.29 is 4.79 Å². The van der Waals surface area contributed by atoms with Gasteiger partial charge in [-0.15, -0.1) is 10.2 Å². The van der Waals surface area contributed by atoms with Crippen molar-refractivity contribution in [2.24, 2.45) is 13.0 Å². The summed E-state index contributed by atoms with van der Waals surface area (Å²) in [6, 6.07) is 0.290. The second-order valence-corrected chi connectivity index (χ2v) is 7.44. The minimum Gasteiger partial charge on any atom is -0.336 e. The fourth-order valence-electron chi connectivity index (χ4n) is 3.77. The Balaban J connectivity index is 1.41. The zero-order valence-corrected chi connectivity index (χ0v) is 15.1. The molecule has 0 spiro atoms.